The molecule has 0 saturated carbocycles. The van der Waals surface area contributed by atoms with Crippen LogP contribution in [0.3, 0.4) is 0 Å². The van der Waals surface area contributed by atoms with E-state index in [9.17, 15) is 9.90 Å². The Bertz CT molecular complexity index is 993. The Morgan fingerprint density at radius 3 is 1.11 bits per heavy atom. The van der Waals surface area contributed by atoms with Gasteiger partial charge in [0.25, 0.3) is 0 Å². The van der Waals surface area contributed by atoms with Crippen molar-refractivity contribution in [2.24, 2.45) is 0 Å². The third-order valence-electron chi connectivity index (χ3n) is 11.9. The highest BCUT2D eigenvalue weighted by atomic mass is 16.6. The van der Waals surface area contributed by atoms with E-state index in [1.807, 2.05) is 0 Å². The zero-order valence-corrected chi connectivity index (χ0v) is 40.9. The Kier molecular flexibility index (Phi) is 52.5. The molecule has 4 heteroatoms. The summed E-state index contributed by atoms with van der Waals surface area (Å²) in [6.45, 7) is 5.25. The molecule has 0 spiro atoms. The van der Waals surface area contributed by atoms with Crippen LogP contribution < -0.4 is 0 Å². The van der Waals surface area contributed by atoms with Gasteiger partial charge >= 0.3 is 5.97 Å². The van der Waals surface area contributed by atoms with Gasteiger partial charge in [0.1, 0.15) is 6.10 Å². The van der Waals surface area contributed by atoms with Gasteiger partial charge in [-0.15, -0.1) is 0 Å². The largest absolute Gasteiger partial charge is 0.457 e. The Balaban J connectivity index is 3.40. The lowest BCUT2D eigenvalue weighted by atomic mass is 10.0. The van der Waals surface area contributed by atoms with Crippen molar-refractivity contribution in [3.8, 4) is 0 Å². The van der Waals surface area contributed by atoms with Gasteiger partial charge in [0.05, 0.1) is 13.2 Å². The Labute approximate surface area is 381 Å². The van der Waals surface area contributed by atoms with Gasteiger partial charge in [-0.05, 0) is 57.8 Å². The Morgan fingerprint density at radius 1 is 0.410 bits per heavy atom. The van der Waals surface area contributed by atoms with Gasteiger partial charge < -0.3 is 14.6 Å². The minimum absolute atomic E-state index is 0.174. The average Bonchev–Trinajstić information content (AvgIpc) is 3.27. The van der Waals surface area contributed by atoms with Gasteiger partial charge in [-0.25, -0.2) is 0 Å². The van der Waals surface area contributed by atoms with Crippen LogP contribution in [-0.2, 0) is 14.3 Å². The Hall–Kier alpha value is -1.91. The summed E-state index contributed by atoms with van der Waals surface area (Å²) in [6.07, 6.45) is 73.3. The number of unbranched alkanes of at least 4 members (excludes halogenated alkanes) is 32. The zero-order valence-electron chi connectivity index (χ0n) is 40.9. The molecule has 356 valence electrons. The van der Waals surface area contributed by atoms with Crippen molar-refractivity contribution in [3.63, 3.8) is 0 Å². The molecule has 0 saturated heterocycles. The molecule has 0 bridgehead atoms. The van der Waals surface area contributed by atoms with E-state index in [2.05, 4.69) is 74.6 Å². The van der Waals surface area contributed by atoms with Crippen LogP contribution in [0.5, 0.6) is 0 Å². The number of aliphatic hydroxyl groups excluding tert-OH is 1. The maximum Gasteiger partial charge on any atom is 0.306 e. The lowest BCUT2D eigenvalue weighted by Gasteiger charge is -2.16. The topological polar surface area (TPSA) is 55.8 Å². The number of allylic oxidation sites excluding steroid dienone is 10. The lowest BCUT2D eigenvalue weighted by molar-refractivity contribution is -0.154. The summed E-state index contributed by atoms with van der Waals surface area (Å²) in [5, 5.41) is 9.67. The van der Waals surface area contributed by atoms with Crippen molar-refractivity contribution in [2.75, 3.05) is 19.8 Å². The third kappa shape index (κ3) is 52.3. The van der Waals surface area contributed by atoms with Crippen molar-refractivity contribution < 1.29 is 19.4 Å². The van der Waals surface area contributed by atoms with Crippen LogP contribution in [0.1, 0.15) is 271 Å². The van der Waals surface area contributed by atoms with Crippen molar-refractivity contribution in [2.45, 2.75) is 277 Å². The second-order valence-electron chi connectivity index (χ2n) is 17.9. The summed E-state index contributed by atoms with van der Waals surface area (Å²) < 4.78 is 11.2. The molecule has 0 aliphatic rings. The molecule has 0 fully saturated rings. The van der Waals surface area contributed by atoms with Gasteiger partial charge in [-0.3, -0.25) is 4.79 Å². The normalized spacial score (nSPS) is 12.8. The van der Waals surface area contributed by atoms with Crippen molar-refractivity contribution in [1.82, 2.24) is 0 Å². The predicted molar refractivity (Wildman–Crippen MR) is 270 cm³/mol. The van der Waals surface area contributed by atoms with Gasteiger partial charge in [-0.2, -0.15) is 0 Å². The van der Waals surface area contributed by atoms with Crippen molar-refractivity contribution in [3.05, 3.63) is 60.8 Å². The number of rotatable bonds is 50. The average molecular weight is 853 g/mol. The van der Waals surface area contributed by atoms with E-state index in [0.717, 1.165) is 51.4 Å². The number of carbonyl (C=O) groups is 1. The summed E-state index contributed by atoms with van der Waals surface area (Å²) >= 11 is 0. The fraction of sp³-hybridized carbons (Fsp3) is 0.807. The molecule has 0 radical (unpaired) electrons. The van der Waals surface area contributed by atoms with Gasteiger partial charge in [0, 0.05) is 13.0 Å². The first-order chi connectivity index (χ1) is 30.2. The van der Waals surface area contributed by atoms with Crippen LogP contribution >= 0.6 is 0 Å². The fourth-order valence-electron chi connectivity index (χ4n) is 7.89. The highest BCUT2D eigenvalue weighted by Gasteiger charge is 2.13. The van der Waals surface area contributed by atoms with E-state index in [4.69, 9.17) is 9.47 Å². The van der Waals surface area contributed by atoms with Crippen LogP contribution in [0.4, 0.5) is 0 Å². The zero-order chi connectivity index (χ0) is 44.0. The van der Waals surface area contributed by atoms with Gasteiger partial charge in [-0.1, -0.05) is 267 Å². The number of esters is 1. The lowest BCUT2D eigenvalue weighted by Crippen LogP contribution is -2.27. The molecule has 0 aromatic carbocycles. The first kappa shape index (κ1) is 59.1. The second kappa shape index (κ2) is 54.2. The first-order valence-electron chi connectivity index (χ1n) is 26.9. The van der Waals surface area contributed by atoms with E-state index in [0.29, 0.717) is 19.6 Å². The molecular formula is C57H104O4. The molecule has 0 aliphatic heterocycles. The third-order valence-corrected chi connectivity index (χ3v) is 11.9. The molecule has 0 heterocycles. The highest BCUT2D eigenvalue weighted by molar-refractivity contribution is 5.69. The number of hydrogen-bond acceptors (Lipinski definition) is 4. The van der Waals surface area contributed by atoms with Gasteiger partial charge in [0.15, 0.2) is 0 Å². The SMILES string of the molecule is CC/C=C\C/C=C\C/C=C\C/C=C\C/C=C\CCCCCCCCCCOCC(CO)OC(=O)CCCCCCCCCCCCCCCCCCCCCCCCCCC. The number of carbonyl (C=O) groups excluding carboxylic acids is 1. The van der Waals surface area contributed by atoms with Crippen LogP contribution in [0.25, 0.3) is 0 Å². The second-order valence-corrected chi connectivity index (χ2v) is 17.9. The quantitative estimate of drug-likeness (QED) is 0.0376. The number of aliphatic hydroxyl groups is 1. The van der Waals surface area contributed by atoms with Crippen LogP contribution in [0.15, 0.2) is 60.8 Å². The van der Waals surface area contributed by atoms with Crippen molar-refractivity contribution >= 4 is 5.97 Å². The summed E-state index contributed by atoms with van der Waals surface area (Å²) in [5.74, 6) is -0.199. The maximum absolute atomic E-state index is 12.3. The van der Waals surface area contributed by atoms with Crippen LogP contribution in [0.2, 0.25) is 0 Å². The smallest absolute Gasteiger partial charge is 0.306 e. The predicted octanol–water partition coefficient (Wildman–Crippen LogP) is 18.3. The fourth-order valence-corrected chi connectivity index (χ4v) is 7.89. The van der Waals surface area contributed by atoms with Crippen LogP contribution in [-0.4, -0.2) is 37.0 Å². The van der Waals surface area contributed by atoms with Crippen LogP contribution in [0, 0.1) is 0 Å². The van der Waals surface area contributed by atoms with E-state index < -0.39 is 6.10 Å². The summed E-state index contributed by atoms with van der Waals surface area (Å²) in [7, 11) is 0. The summed E-state index contributed by atoms with van der Waals surface area (Å²) in [5.41, 5.74) is 0. The molecule has 0 aliphatic carbocycles. The standard InChI is InChI=1S/C57H104O4/c1-3-5-7-9-11-13-15-17-19-21-23-25-27-29-30-32-34-36-38-40-42-44-46-48-50-52-57(59)61-56(54-58)55-60-53-51-49-47-45-43-41-39-37-35-33-31-28-26-24-22-20-18-16-14-12-10-8-6-4-2/h6,8,12,14,18,20,24,26,31,33,56,58H,3-5,7,9-11,13,15-17,19,21-23,25,27-30,32,34-55H2,1-2H3/b8-6-,14-12-,20-18-,26-24-,33-31-. The molecule has 0 aromatic heterocycles. The van der Waals surface area contributed by atoms with Gasteiger partial charge in [0.2, 0.25) is 0 Å². The Morgan fingerprint density at radius 2 is 0.738 bits per heavy atom. The minimum atomic E-state index is -0.540. The maximum atomic E-state index is 12.3. The first-order valence-corrected chi connectivity index (χ1v) is 26.9. The molecule has 1 atom stereocenters. The minimum Gasteiger partial charge on any atom is -0.457 e. The molecule has 0 aromatic rings. The molecule has 1 N–H and O–H groups in total. The molecule has 0 amide bonds. The van der Waals surface area contributed by atoms with Crippen molar-refractivity contribution in [1.29, 1.82) is 0 Å². The van der Waals surface area contributed by atoms with E-state index in [1.54, 1.807) is 0 Å². The molecule has 4 nitrogen and oxygen atoms in total. The monoisotopic (exact) mass is 853 g/mol. The highest BCUT2D eigenvalue weighted by Crippen LogP contribution is 2.17. The van der Waals surface area contributed by atoms with E-state index in [1.165, 1.54) is 199 Å². The molecule has 61 heavy (non-hydrogen) atoms. The summed E-state index contributed by atoms with van der Waals surface area (Å²) in [4.78, 5) is 12.3. The number of hydrogen-bond donors (Lipinski definition) is 1. The molecule has 0 rings (SSSR count). The molecular weight excluding hydrogens is 749 g/mol. The van der Waals surface area contributed by atoms with E-state index >= 15 is 0 Å². The number of ether oxygens (including phenoxy) is 2. The van der Waals surface area contributed by atoms with E-state index in [-0.39, 0.29) is 12.6 Å². The molecule has 1 unspecified atom stereocenters. The summed E-state index contributed by atoms with van der Waals surface area (Å²) in [6, 6.07) is 0.